The number of nitrogens with zero attached hydrogens (tertiary/aromatic N) is 4. The van der Waals surface area contributed by atoms with Crippen LogP contribution >= 0.6 is 0 Å². The van der Waals surface area contributed by atoms with E-state index in [4.69, 9.17) is 20.0 Å². The van der Waals surface area contributed by atoms with Crippen LogP contribution in [0, 0.1) is 0 Å². The Morgan fingerprint density at radius 2 is 0.524 bits per heavy atom. The van der Waals surface area contributed by atoms with Gasteiger partial charge in [-0.15, -0.1) is 0 Å². The maximum Gasteiger partial charge on any atom is 0.0905 e. The third-order valence-corrected chi connectivity index (χ3v) is 6.87. The summed E-state index contributed by atoms with van der Waals surface area (Å²) in [6.45, 7) is 5.54. The Hall–Kier alpha value is -4.52. The molecule has 1 aliphatic rings. The molecule has 42 heavy (non-hydrogen) atoms. The lowest BCUT2D eigenvalue weighted by molar-refractivity contribution is 0.695. The first kappa shape index (κ1) is 29.0. The molecule has 5 rings (SSSR count). The molecule has 0 aliphatic carbocycles. The molecule has 4 aromatic carbocycles. The molecule has 1 aliphatic heterocycles. The van der Waals surface area contributed by atoms with Crippen LogP contribution in [0.4, 0.5) is 0 Å². The summed E-state index contributed by atoms with van der Waals surface area (Å²) in [5.74, 6) is 0. The van der Waals surface area contributed by atoms with Crippen molar-refractivity contribution in [1.82, 2.24) is 10.6 Å². The maximum atomic E-state index is 5.08. The normalized spacial score (nSPS) is 16.2. The first-order chi connectivity index (χ1) is 20.9. The highest BCUT2D eigenvalue weighted by molar-refractivity contribution is 6.54. The molecule has 0 bridgehead atoms. The molecule has 2 N–H and O–H groups in total. The minimum atomic E-state index is 0.639. The largest absolute Gasteiger partial charge is 0.313 e. The Kier molecular flexibility index (Phi) is 11.1. The van der Waals surface area contributed by atoms with Crippen molar-refractivity contribution in [3.8, 4) is 0 Å². The summed E-state index contributed by atoms with van der Waals surface area (Å²) in [7, 11) is 0. The highest BCUT2D eigenvalue weighted by atomic mass is 15.0. The van der Waals surface area contributed by atoms with Crippen molar-refractivity contribution in [2.45, 2.75) is 0 Å². The Morgan fingerprint density at radius 3 is 0.738 bits per heavy atom. The summed E-state index contributed by atoms with van der Waals surface area (Å²) in [5, 5.41) is 7.08. The molecule has 0 atom stereocenters. The van der Waals surface area contributed by atoms with E-state index in [1.807, 2.05) is 24.3 Å². The van der Waals surface area contributed by atoms with Crippen molar-refractivity contribution < 1.29 is 0 Å². The van der Waals surface area contributed by atoms with Crippen LogP contribution < -0.4 is 10.6 Å². The molecule has 212 valence electrons. The fourth-order valence-electron chi connectivity index (χ4n) is 4.83. The monoisotopic (exact) mass is 554 g/mol. The average molecular weight is 555 g/mol. The van der Waals surface area contributed by atoms with E-state index in [9.17, 15) is 0 Å². The van der Waals surface area contributed by atoms with Gasteiger partial charge in [0.05, 0.1) is 49.0 Å². The van der Waals surface area contributed by atoms with Gasteiger partial charge in [0.15, 0.2) is 0 Å². The molecule has 0 aromatic heterocycles. The second-order valence-corrected chi connectivity index (χ2v) is 9.89. The Labute approximate surface area is 249 Å². The molecule has 0 saturated heterocycles. The van der Waals surface area contributed by atoms with Crippen molar-refractivity contribution in [3.63, 3.8) is 0 Å². The Bertz CT molecular complexity index is 1260. The van der Waals surface area contributed by atoms with E-state index in [0.29, 0.717) is 26.2 Å². The lowest BCUT2D eigenvalue weighted by atomic mass is 9.99. The quantitative estimate of drug-likeness (QED) is 0.367. The summed E-state index contributed by atoms with van der Waals surface area (Å²) < 4.78 is 0. The van der Waals surface area contributed by atoms with Crippen molar-refractivity contribution in [2.75, 3.05) is 52.4 Å². The zero-order valence-corrected chi connectivity index (χ0v) is 24.0. The van der Waals surface area contributed by atoms with Crippen molar-refractivity contribution in [3.05, 3.63) is 144 Å². The number of hydrogen-bond acceptors (Lipinski definition) is 6. The molecule has 6 nitrogen and oxygen atoms in total. The van der Waals surface area contributed by atoms with Gasteiger partial charge in [-0.1, -0.05) is 121 Å². The Balaban J connectivity index is 1.43. The van der Waals surface area contributed by atoms with Gasteiger partial charge in [-0.2, -0.15) is 0 Å². The molecule has 6 heteroatoms. The maximum absolute atomic E-state index is 5.08. The number of nitrogens with one attached hydrogen (secondary N) is 2. The predicted molar refractivity (Wildman–Crippen MR) is 177 cm³/mol. The van der Waals surface area contributed by atoms with Gasteiger partial charge in [-0.25, -0.2) is 0 Å². The van der Waals surface area contributed by atoms with E-state index >= 15 is 0 Å². The van der Waals surface area contributed by atoms with Gasteiger partial charge in [0.2, 0.25) is 0 Å². The smallest absolute Gasteiger partial charge is 0.0905 e. The van der Waals surface area contributed by atoms with Crippen LogP contribution in [-0.2, 0) is 0 Å². The van der Waals surface area contributed by atoms with Gasteiger partial charge in [0.25, 0.3) is 0 Å². The van der Waals surface area contributed by atoms with E-state index in [1.165, 1.54) is 0 Å². The van der Waals surface area contributed by atoms with Gasteiger partial charge in [0.1, 0.15) is 0 Å². The van der Waals surface area contributed by atoms with Crippen LogP contribution in [0.1, 0.15) is 22.3 Å². The fourth-order valence-corrected chi connectivity index (χ4v) is 4.83. The zero-order chi connectivity index (χ0) is 28.7. The second-order valence-electron chi connectivity index (χ2n) is 9.89. The van der Waals surface area contributed by atoms with Gasteiger partial charge < -0.3 is 10.6 Å². The van der Waals surface area contributed by atoms with Crippen LogP contribution in [0.15, 0.2) is 141 Å². The number of hydrogen-bond donors (Lipinski definition) is 2. The topological polar surface area (TPSA) is 73.5 Å². The molecule has 0 saturated carbocycles. The molecule has 0 fully saturated rings. The van der Waals surface area contributed by atoms with E-state index in [0.717, 1.165) is 71.3 Å². The minimum absolute atomic E-state index is 0.639. The predicted octanol–water partition coefficient (Wildman–Crippen LogP) is 5.14. The molecular weight excluding hydrogens is 516 g/mol. The average Bonchev–Trinajstić information content (AvgIpc) is 3.06. The molecule has 4 aromatic rings. The molecule has 1 heterocycles. The third-order valence-electron chi connectivity index (χ3n) is 6.87. The van der Waals surface area contributed by atoms with Crippen LogP contribution in [0.25, 0.3) is 0 Å². The highest BCUT2D eigenvalue weighted by Crippen LogP contribution is 2.12. The van der Waals surface area contributed by atoms with Crippen LogP contribution in [-0.4, -0.2) is 75.2 Å². The van der Waals surface area contributed by atoms with Gasteiger partial charge in [0, 0.05) is 48.4 Å². The van der Waals surface area contributed by atoms with Crippen LogP contribution in [0.2, 0.25) is 0 Å². The van der Waals surface area contributed by atoms with Crippen molar-refractivity contribution in [2.24, 2.45) is 20.0 Å². The lowest BCUT2D eigenvalue weighted by Gasteiger charge is -2.14. The van der Waals surface area contributed by atoms with Gasteiger partial charge >= 0.3 is 0 Å². The lowest BCUT2D eigenvalue weighted by Crippen LogP contribution is -2.27. The summed E-state index contributed by atoms with van der Waals surface area (Å²) >= 11 is 0. The molecular formula is C36H38N6. The summed E-state index contributed by atoms with van der Waals surface area (Å²) in [6, 6.07) is 41.4. The fraction of sp³-hybridized carbons (Fsp3) is 0.222. The van der Waals surface area contributed by atoms with Gasteiger partial charge in [-0.3, -0.25) is 20.0 Å². The molecule has 0 amide bonds. The van der Waals surface area contributed by atoms with Crippen LogP contribution in [0.5, 0.6) is 0 Å². The number of benzene rings is 4. The number of aliphatic imine (C=N–C) groups is 4. The SMILES string of the molecule is c1ccc(C2=NCCNCCN=C(c3ccccc3)C(c3ccccc3)=NCCNCCN=C2c2ccccc2)cc1. The summed E-state index contributed by atoms with van der Waals surface area (Å²) in [5.41, 5.74) is 7.98. The number of rotatable bonds is 4. The first-order valence-electron chi connectivity index (χ1n) is 14.7. The zero-order valence-electron chi connectivity index (χ0n) is 24.0. The third kappa shape index (κ3) is 8.26. The molecule has 0 radical (unpaired) electrons. The Morgan fingerprint density at radius 1 is 0.310 bits per heavy atom. The highest BCUT2D eigenvalue weighted by Gasteiger charge is 2.15. The van der Waals surface area contributed by atoms with Gasteiger partial charge in [-0.05, 0) is 0 Å². The van der Waals surface area contributed by atoms with Crippen molar-refractivity contribution in [1.29, 1.82) is 0 Å². The van der Waals surface area contributed by atoms with Crippen LogP contribution in [0.3, 0.4) is 0 Å². The van der Waals surface area contributed by atoms with E-state index < -0.39 is 0 Å². The summed E-state index contributed by atoms with van der Waals surface area (Å²) in [4.78, 5) is 20.3. The second kappa shape index (κ2) is 16.1. The standard InChI is InChI=1S/C36H38N6/c1-5-13-29(14-6-1)33-34(30-15-7-2-8-16-30)40-26-22-38-24-28-42-36(32-19-11-4-12-20-32)35(31-17-9-3-10-18-31)41-27-23-37-21-25-39-33/h1-20,37-38H,21-28H2. The molecule has 0 unspecified atom stereocenters. The minimum Gasteiger partial charge on any atom is -0.313 e. The molecule has 0 spiro atoms. The van der Waals surface area contributed by atoms with Crippen molar-refractivity contribution >= 4 is 22.8 Å². The summed E-state index contributed by atoms with van der Waals surface area (Å²) in [6.07, 6.45) is 0. The van der Waals surface area contributed by atoms with E-state index in [1.54, 1.807) is 0 Å². The van der Waals surface area contributed by atoms with E-state index in [2.05, 4.69) is 108 Å². The van der Waals surface area contributed by atoms with E-state index in [-0.39, 0.29) is 0 Å². The first-order valence-corrected chi connectivity index (χ1v) is 14.7.